The van der Waals surface area contributed by atoms with Gasteiger partial charge in [-0.1, -0.05) is 23.5 Å². The molecule has 2 aromatic carbocycles. The van der Waals surface area contributed by atoms with Gasteiger partial charge < -0.3 is 9.64 Å². The number of likely N-dealkylation sites (N-methyl/N-ethyl adjacent to an activating group) is 1. The van der Waals surface area contributed by atoms with Gasteiger partial charge in [0.1, 0.15) is 5.75 Å². The number of hydrogen-bond acceptors (Lipinski definition) is 7. The van der Waals surface area contributed by atoms with Gasteiger partial charge in [0.15, 0.2) is 5.13 Å². The van der Waals surface area contributed by atoms with Crippen LogP contribution in [0, 0.1) is 0 Å². The van der Waals surface area contributed by atoms with Crippen LogP contribution in [0.3, 0.4) is 0 Å². The van der Waals surface area contributed by atoms with Crippen LogP contribution in [0.1, 0.15) is 10.4 Å². The molecule has 1 amide bonds. The Morgan fingerprint density at radius 2 is 1.69 bits per heavy atom. The molecule has 194 valence electrons. The predicted molar refractivity (Wildman–Crippen MR) is 149 cm³/mol. The number of ether oxygens (including phenoxy) is 1. The molecule has 0 aliphatic rings. The van der Waals surface area contributed by atoms with Crippen molar-refractivity contribution in [1.29, 1.82) is 0 Å². The summed E-state index contributed by atoms with van der Waals surface area (Å²) in [4.78, 5) is 21.9. The van der Waals surface area contributed by atoms with E-state index in [1.54, 1.807) is 12.0 Å². The van der Waals surface area contributed by atoms with Crippen LogP contribution in [0.2, 0.25) is 0 Å². The summed E-state index contributed by atoms with van der Waals surface area (Å²) in [5.41, 5.74) is 1.15. The standard InChI is InChI=1S/C25H30N4O4S2.ClH/c1-6-14-28(15-7-2)35(31,32)21-11-8-19(9-12-21)24(30)29(17-16-27(3)4)25-26-22-13-10-20(33-5)18-23(22)34-25;/h6-13,18H,1-2,14-17H2,3-5H3;1H. The Bertz CT molecular complexity index is 1300. The molecule has 0 saturated heterocycles. The normalized spacial score (nSPS) is 11.4. The maximum absolute atomic E-state index is 13.5. The van der Waals surface area contributed by atoms with E-state index in [2.05, 4.69) is 18.1 Å². The van der Waals surface area contributed by atoms with E-state index in [9.17, 15) is 13.2 Å². The van der Waals surface area contributed by atoms with Crippen molar-refractivity contribution in [1.82, 2.24) is 14.2 Å². The first-order chi connectivity index (χ1) is 16.7. The van der Waals surface area contributed by atoms with E-state index in [0.717, 1.165) is 16.0 Å². The summed E-state index contributed by atoms with van der Waals surface area (Å²) < 4.78 is 33.5. The van der Waals surface area contributed by atoms with Gasteiger partial charge in [0.2, 0.25) is 10.0 Å². The third-order valence-corrected chi connectivity index (χ3v) is 8.12. The number of nitrogens with zero attached hydrogens (tertiary/aromatic N) is 4. The Kier molecular flexibility index (Phi) is 10.6. The number of benzene rings is 2. The van der Waals surface area contributed by atoms with Crippen molar-refractivity contribution < 1.29 is 17.9 Å². The lowest BCUT2D eigenvalue weighted by Gasteiger charge is -2.22. The quantitative estimate of drug-likeness (QED) is 0.313. The van der Waals surface area contributed by atoms with Crippen molar-refractivity contribution >= 4 is 55.0 Å². The molecule has 11 heteroatoms. The number of hydrogen-bond donors (Lipinski definition) is 0. The van der Waals surface area contributed by atoms with Crippen LogP contribution in [-0.2, 0) is 10.0 Å². The van der Waals surface area contributed by atoms with E-state index in [1.807, 2.05) is 37.2 Å². The molecule has 0 unspecified atom stereocenters. The fraction of sp³-hybridized carbons (Fsp3) is 0.280. The summed E-state index contributed by atoms with van der Waals surface area (Å²) >= 11 is 1.41. The highest BCUT2D eigenvalue weighted by molar-refractivity contribution is 7.89. The Balaban J connectivity index is 0.00000456. The number of carbonyl (C=O) groups excluding carboxylic acids is 1. The molecule has 1 heterocycles. The molecule has 0 atom stereocenters. The monoisotopic (exact) mass is 550 g/mol. The van der Waals surface area contributed by atoms with Gasteiger partial charge in [0.05, 0.1) is 22.2 Å². The third-order valence-electron chi connectivity index (χ3n) is 5.24. The Morgan fingerprint density at radius 1 is 1.06 bits per heavy atom. The maximum atomic E-state index is 13.5. The van der Waals surface area contributed by atoms with E-state index in [4.69, 9.17) is 4.74 Å². The second kappa shape index (κ2) is 13.0. The van der Waals surface area contributed by atoms with Gasteiger partial charge >= 0.3 is 0 Å². The lowest BCUT2D eigenvalue weighted by atomic mass is 10.2. The average molecular weight is 551 g/mol. The van der Waals surface area contributed by atoms with E-state index < -0.39 is 10.0 Å². The highest BCUT2D eigenvalue weighted by Crippen LogP contribution is 2.32. The number of amides is 1. The van der Waals surface area contributed by atoms with E-state index >= 15 is 0 Å². The summed E-state index contributed by atoms with van der Waals surface area (Å²) in [6.45, 7) is 8.63. The first kappa shape index (κ1) is 29.5. The summed E-state index contributed by atoms with van der Waals surface area (Å²) in [5.74, 6) is 0.466. The van der Waals surface area contributed by atoms with Gasteiger partial charge in [0, 0.05) is 31.7 Å². The fourth-order valence-corrected chi connectivity index (χ4v) is 5.75. The van der Waals surface area contributed by atoms with Gasteiger partial charge in [-0.3, -0.25) is 9.69 Å². The molecule has 0 spiro atoms. The first-order valence-corrected chi connectivity index (χ1v) is 13.2. The minimum Gasteiger partial charge on any atom is -0.497 e. The smallest absolute Gasteiger partial charge is 0.260 e. The molecule has 36 heavy (non-hydrogen) atoms. The Labute approximate surface area is 222 Å². The maximum Gasteiger partial charge on any atom is 0.260 e. The zero-order chi connectivity index (χ0) is 25.6. The molecule has 0 saturated carbocycles. The van der Waals surface area contributed by atoms with Crippen LogP contribution in [-0.4, -0.2) is 75.9 Å². The molecule has 8 nitrogen and oxygen atoms in total. The van der Waals surface area contributed by atoms with Crippen LogP contribution in [0.25, 0.3) is 10.2 Å². The summed E-state index contributed by atoms with van der Waals surface area (Å²) in [6, 6.07) is 11.6. The summed E-state index contributed by atoms with van der Waals surface area (Å²) in [6.07, 6.45) is 3.05. The van der Waals surface area contributed by atoms with E-state index in [-0.39, 0.29) is 36.3 Å². The number of aromatic nitrogens is 1. The minimum atomic E-state index is -3.75. The number of thiazole rings is 1. The second-order valence-electron chi connectivity index (χ2n) is 8.01. The highest BCUT2D eigenvalue weighted by Gasteiger charge is 2.25. The van der Waals surface area contributed by atoms with Crippen LogP contribution in [0.5, 0.6) is 5.75 Å². The molecule has 0 bridgehead atoms. The molecule has 3 aromatic rings. The molecule has 0 aliphatic heterocycles. The van der Waals surface area contributed by atoms with Gasteiger partial charge in [-0.05, 0) is 56.6 Å². The van der Waals surface area contributed by atoms with Crippen molar-refractivity contribution in [2.24, 2.45) is 0 Å². The molecule has 0 aliphatic carbocycles. The van der Waals surface area contributed by atoms with Gasteiger partial charge in [0.25, 0.3) is 5.91 Å². The lowest BCUT2D eigenvalue weighted by molar-refractivity contribution is 0.0985. The third kappa shape index (κ3) is 6.71. The van der Waals surface area contributed by atoms with Crippen LogP contribution < -0.4 is 9.64 Å². The molecule has 3 rings (SSSR count). The number of fused-ring (bicyclic) bond motifs is 1. The SMILES string of the molecule is C=CCN(CC=C)S(=O)(=O)c1ccc(C(=O)N(CCN(C)C)c2nc3ccc(OC)cc3s2)cc1.Cl. The van der Waals surface area contributed by atoms with Crippen LogP contribution in [0.15, 0.2) is 72.7 Å². The molecule has 0 fully saturated rings. The number of halogens is 1. The number of sulfonamides is 1. The topological polar surface area (TPSA) is 83.1 Å². The summed E-state index contributed by atoms with van der Waals surface area (Å²) in [5, 5.41) is 0.569. The summed E-state index contributed by atoms with van der Waals surface area (Å²) in [7, 11) is 1.73. The van der Waals surface area contributed by atoms with Gasteiger partial charge in [-0.15, -0.1) is 25.6 Å². The molecular formula is C25H31ClN4O4S2. The molecule has 1 aromatic heterocycles. The van der Waals surface area contributed by atoms with Gasteiger partial charge in [-0.25, -0.2) is 13.4 Å². The Morgan fingerprint density at radius 3 is 2.25 bits per heavy atom. The van der Waals surface area contributed by atoms with Crippen molar-refractivity contribution in [2.75, 3.05) is 52.3 Å². The highest BCUT2D eigenvalue weighted by atomic mass is 35.5. The largest absolute Gasteiger partial charge is 0.497 e. The zero-order valence-corrected chi connectivity index (χ0v) is 23.0. The first-order valence-electron chi connectivity index (χ1n) is 10.9. The second-order valence-corrected chi connectivity index (χ2v) is 11.0. The fourth-order valence-electron chi connectivity index (χ4n) is 3.35. The van der Waals surface area contributed by atoms with E-state index in [0.29, 0.717) is 23.8 Å². The van der Waals surface area contributed by atoms with E-state index in [1.165, 1.54) is 52.1 Å². The predicted octanol–water partition coefficient (Wildman–Crippen LogP) is 4.30. The number of carbonyl (C=O) groups is 1. The number of methoxy groups -OCH3 is 1. The van der Waals surface area contributed by atoms with Gasteiger partial charge in [-0.2, -0.15) is 4.31 Å². The van der Waals surface area contributed by atoms with Crippen LogP contribution >= 0.6 is 23.7 Å². The zero-order valence-electron chi connectivity index (χ0n) is 20.6. The number of rotatable bonds is 12. The van der Waals surface area contributed by atoms with Crippen LogP contribution in [0.4, 0.5) is 5.13 Å². The van der Waals surface area contributed by atoms with Crippen molar-refractivity contribution in [3.05, 3.63) is 73.3 Å². The molecule has 0 radical (unpaired) electrons. The Hall–Kier alpha value is -2.76. The van der Waals surface area contributed by atoms with Crippen molar-refractivity contribution in [3.63, 3.8) is 0 Å². The number of anilines is 1. The lowest BCUT2D eigenvalue weighted by Crippen LogP contribution is -2.36. The average Bonchev–Trinajstić information content (AvgIpc) is 3.26. The minimum absolute atomic E-state index is 0. The van der Waals surface area contributed by atoms with Crippen molar-refractivity contribution in [3.8, 4) is 5.75 Å². The van der Waals surface area contributed by atoms with Crippen molar-refractivity contribution in [2.45, 2.75) is 4.90 Å². The molecule has 0 N–H and O–H groups in total. The molecular weight excluding hydrogens is 520 g/mol.